The molecule has 6 nitrogen and oxygen atoms in total. The molecule has 0 saturated carbocycles. The number of rotatable bonds is 4. The average molecular weight is 346 g/mol. The van der Waals surface area contributed by atoms with Crippen LogP contribution in [0.1, 0.15) is 24.5 Å². The minimum atomic E-state index is 0.556. The second-order valence-corrected chi connectivity index (χ2v) is 6.36. The van der Waals surface area contributed by atoms with E-state index in [1.807, 2.05) is 12.3 Å². The molecule has 2 aromatic heterocycles. The zero-order valence-corrected chi connectivity index (χ0v) is 14.8. The van der Waals surface area contributed by atoms with Gasteiger partial charge in [0.25, 0.3) is 0 Å². The molecule has 0 amide bonds. The molecular weight excluding hydrogens is 324 g/mol. The molecule has 132 valence electrons. The highest BCUT2D eigenvalue weighted by molar-refractivity contribution is 5.73. The maximum atomic E-state index is 6.33. The Morgan fingerprint density at radius 3 is 2.58 bits per heavy atom. The topological polar surface area (TPSA) is 72.9 Å². The molecule has 0 unspecified atom stereocenters. The molecule has 1 aliphatic heterocycles. The minimum absolute atomic E-state index is 0.556. The third kappa shape index (κ3) is 3.06. The number of nitrogens with two attached hydrogens (primary N) is 1. The molecule has 1 aliphatic rings. The first-order valence-electron chi connectivity index (χ1n) is 8.90. The molecule has 0 spiro atoms. The largest absolute Gasteiger partial charge is 0.393 e. The maximum absolute atomic E-state index is 6.33. The highest BCUT2D eigenvalue weighted by Crippen LogP contribution is 2.29. The van der Waals surface area contributed by atoms with Gasteiger partial charge in [-0.25, -0.2) is 14.6 Å². The number of hydrogen-bond donors (Lipinski definition) is 1. The van der Waals surface area contributed by atoms with E-state index in [1.54, 1.807) is 17.2 Å². The van der Waals surface area contributed by atoms with E-state index < -0.39 is 0 Å². The normalized spacial score (nSPS) is 14.3. The van der Waals surface area contributed by atoms with Gasteiger partial charge in [-0.3, -0.25) is 0 Å². The molecular formula is C20H22N6. The van der Waals surface area contributed by atoms with Crippen LogP contribution in [0.25, 0.3) is 11.4 Å². The highest BCUT2D eigenvalue weighted by Gasteiger charge is 2.19. The Balaban J connectivity index is 1.56. The molecule has 0 fully saturated rings. The van der Waals surface area contributed by atoms with Gasteiger partial charge < -0.3 is 10.6 Å². The third-order valence-corrected chi connectivity index (χ3v) is 4.80. The van der Waals surface area contributed by atoms with Gasteiger partial charge in [0.1, 0.15) is 12.0 Å². The zero-order chi connectivity index (χ0) is 17.9. The van der Waals surface area contributed by atoms with Gasteiger partial charge in [0.05, 0.1) is 0 Å². The van der Waals surface area contributed by atoms with Crippen LogP contribution in [-0.4, -0.2) is 32.8 Å². The Morgan fingerprint density at radius 2 is 1.92 bits per heavy atom. The van der Waals surface area contributed by atoms with Crippen molar-refractivity contribution in [2.45, 2.75) is 19.8 Å². The van der Waals surface area contributed by atoms with Gasteiger partial charge in [0, 0.05) is 25.5 Å². The summed E-state index contributed by atoms with van der Waals surface area (Å²) in [4.78, 5) is 10.9. The van der Waals surface area contributed by atoms with Gasteiger partial charge in [-0.15, -0.1) is 0 Å². The lowest BCUT2D eigenvalue weighted by Crippen LogP contribution is -2.30. The number of aryl methyl sites for hydroxylation is 1. The number of nitrogen functional groups attached to an aromatic ring is 1. The number of aromatic nitrogens is 4. The van der Waals surface area contributed by atoms with Gasteiger partial charge in [-0.2, -0.15) is 5.10 Å². The summed E-state index contributed by atoms with van der Waals surface area (Å²) in [5, 5.41) is 4.22. The lowest BCUT2D eigenvalue weighted by Gasteiger charge is -2.28. The summed E-state index contributed by atoms with van der Waals surface area (Å²) in [6.07, 6.45) is 9.38. The van der Waals surface area contributed by atoms with E-state index in [1.165, 1.54) is 16.7 Å². The molecule has 0 radical (unpaired) electrons. The maximum Gasteiger partial charge on any atom is 0.181 e. The predicted octanol–water partition coefficient (Wildman–Crippen LogP) is 3.10. The van der Waals surface area contributed by atoms with E-state index >= 15 is 0 Å². The van der Waals surface area contributed by atoms with Crippen molar-refractivity contribution in [3.8, 4) is 5.82 Å². The molecule has 1 aromatic carbocycles. The van der Waals surface area contributed by atoms with E-state index in [2.05, 4.69) is 57.2 Å². The van der Waals surface area contributed by atoms with Gasteiger partial charge in [0.15, 0.2) is 11.6 Å². The summed E-state index contributed by atoms with van der Waals surface area (Å²) in [6.45, 7) is 3.84. The molecule has 2 N–H and O–H groups in total. The van der Waals surface area contributed by atoms with Crippen LogP contribution in [0.15, 0.2) is 55.1 Å². The Kier molecular flexibility index (Phi) is 4.39. The third-order valence-electron chi connectivity index (χ3n) is 4.80. The Morgan fingerprint density at radius 1 is 1.12 bits per heavy atom. The van der Waals surface area contributed by atoms with E-state index in [0.717, 1.165) is 31.7 Å². The number of hydrogen-bond acceptors (Lipinski definition) is 5. The molecule has 0 aliphatic carbocycles. The van der Waals surface area contributed by atoms with Crippen molar-refractivity contribution in [3.05, 3.63) is 66.3 Å². The molecule has 0 saturated heterocycles. The first kappa shape index (κ1) is 16.3. The Bertz CT molecular complexity index is 912. The fourth-order valence-electron chi connectivity index (χ4n) is 3.28. The second-order valence-electron chi connectivity index (χ2n) is 6.36. The van der Waals surface area contributed by atoms with Crippen LogP contribution in [0.3, 0.4) is 0 Å². The van der Waals surface area contributed by atoms with Crippen molar-refractivity contribution < 1.29 is 0 Å². The van der Waals surface area contributed by atoms with E-state index in [4.69, 9.17) is 5.73 Å². The highest BCUT2D eigenvalue weighted by atomic mass is 15.3. The summed E-state index contributed by atoms with van der Waals surface area (Å²) in [7, 11) is 0. The van der Waals surface area contributed by atoms with Gasteiger partial charge in [-0.05, 0) is 35.6 Å². The molecule has 26 heavy (non-hydrogen) atoms. The summed E-state index contributed by atoms with van der Waals surface area (Å²) in [6, 6.07) is 10.7. The minimum Gasteiger partial charge on any atom is -0.393 e. The van der Waals surface area contributed by atoms with Gasteiger partial charge >= 0.3 is 0 Å². The van der Waals surface area contributed by atoms with Gasteiger partial charge in [0.2, 0.25) is 0 Å². The molecule has 0 atom stereocenters. The smallest absolute Gasteiger partial charge is 0.181 e. The lowest BCUT2D eigenvalue weighted by molar-refractivity contribution is 0.800. The van der Waals surface area contributed by atoms with Crippen LogP contribution in [0.2, 0.25) is 0 Å². The van der Waals surface area contributed by atoms with Crippen molar-refractivity contribution in [1.29, 1.82) is 0 Å². The van der Waals surface area contributed by atoms with Gasteiger partial charge in [-0.1, -0.05) is 37.3 Å². The van der Waals surface area contributed by atoms with Crippen LogP contribution in [-0.2, 0) is 6.42 Å². The molecule has 3 aromatic rings. The summed E-state index contributed by atoms with van der Waals surface area (Å²) in [5.41, 5.74) is 10.9. The van der Waals surface area contributed by atoms with Crippen LogP contribution < -0.4 is 10.6 Å². The molecule has 0 bridgehead atoms. The van der Waals surface area contributed by atoms with Crippen molar-refractivity contribution >= 4 is 17.1 Å². The fourth-order valence-corrected chi connectivity index (χ4v) is 3.28. The first-order valence-corrected chi connectivity index (χ1v) is 8.90. The Hall–Kier alpha value is -3.15. The standard InChI is InChI=1S/C20H22N6/c1-2-15-4-6-16(7-5-15)17-8-12-25(13-9-17)19-18(21)20(23-14-22-19)26-11-3-10-24-26/h3-8,10-11,14H,2,9,12-13,21H2,1H3. The van der Waals surface area contributed by atoms with Crippen LogP contribution in [0, 0.1) is 0 Å². The quantitative estimate of drug-likeness (QED) is 0.786. The number of benzene rings is 1. The monoisotopic (exact) mass is 346 g/mol. The van der Waals surface area contributed by atoms with Crippen molar-refractivity contribution in [1.82, 2.24) is 19.7 Å². The summed E-state index contributed by atoms with van der Waals surface area (Å²) in [5.74, 6) is 1.38. The average Bonchev–Trinajstić information content (AvgIpc) is 3.23. The SMILES string of the molecule is CCc1ccc(C2=CCN(c3ncnc(-n4cccn4)c3N)CC2)cc1. The number of nitrogens with zero attached hydrogens (tertiary/aromatic N) is 5. The zero-order valence-electron chi connectivity index (χ0n) is 14.8. The molecule has 3 heterocycles. The van der Waals surface area contributed by atoms with E-state index in [0.29, 0.717) is 11.5 Å². The predicted molar refractivity (Wildman–Crippen MR) is 104 cm³/mol. The van der Waals surface area contributed by atoms with E-state index in [9.17, 15) is 0 Å². The summed E-state index contributed by atoms with van der Waals surface area (Å²) < 4.78 is 1.67. The van der Waals surface area contributed by atoms with Crippen molar-refractivity contribution in [2.75, 3.05) is 23.7 Å². The van der Waals surface area contributed by atoms with Crippen LogP contribution >= 0.6 is 0 Å². The van der Waals surface area contributed by atoms with Crippen molar-refractivity contribution in [2.24, 2.45) is 0 Å². The summed E-state index contributed by atoms with van der Waals surface area (Å²) >= 11 is 0. The number of anilines is 2. The first-order chi connectivity index (χ1) is 12.8. The van der Waals surface area contributed by atoms with E-state index in [-0.39, 0.29) is 0 Å². The van der Waals surface area contributed by atoms with Crippen LogP contribution in [0.4, 0.5) is 11.5 Å². The molecule has 6 heteroatoms. The fraction of sp³-hybridized carbons (Fsp3) is 0.250. The lowest BCUT2D eigenvalue weighted by atomic mass is 9.98. The molecule has 4 rings (SSSR count). The van der Waals surface area contributed by atoms with Crippen LogP contribution in [0.5, 0.6) is 0 Å². The second kappa shape index (κ2) is 7.00. The van der Waals surface area contributed by atoms with Crippen molar-refractivity contribution in [3.63, 3.8) is 0 Å². The Labute approximate surface area is 153 Å².